The van der Waals surface area contributed by atoms with Gasteiger partial charge in [0, 0.05) is 18.0 Å². The van der Waals surface area contributed by atoms with Crippen LogP contribution in [0.2, 0.25) is 0 Å². The molecular formula is C23H22N3O3+. The Morgan fingerprint density at radius 2 is 1.93 bits per heavy atom. The van der Waals surface area contributed by atoms with Gasteiger partial charge in [0.1, 0.15) is 5.75 Å². The predicted molar refractivity (Wildman–Crippen MR) is 115 cm³/mol. The second-order valence-electron chi connectivity index (χ2n) is 6.98. The molecule has 2 heterocycles. The zero-order valence-electron chi connectivity index (χ0n) is 16.6. The number of hydrogen-bond donors (Lipinski definition) is 2. The monoisotopic (exact) mass is 388 g/mol. The molecule has 6 heteroatoms. The minimum Gasteiger partial charge on any atom is -0.497 e. The molecule has 0 saturated carbocycles. The van der Waals surface area contributed by atoms with Crippen LogP contribution in [-0.2, 0) is 11.2 Å². The number of benzene rings is 2. The molecule has 1 aliphatic heterocycles. The Kier molecular flexibility index (Phi) is 4.71. The number of amidine groups is 1. The number of aromatic nitrogens is 1. The maximum atomic E-state index is 11.5. The van der Waals surface area contributed by atoms with Gasteiger partial charge in [-0.3, -0.25) is 9.36 Å². The summed E-state index contributed by atoms with van der Waals surface area (Å²) in [5, 5.41) is 13.7. The van der Waals surface area contributed by atoms with Crippen molar-refractivity contribution in [1.82, 2.24) is 14.6 Å². The van der Waals surface area contributed by atoms with Crippen LogP contribution < -0.4 is 14.7 Å². The van der Waals surface area contributed by atoms with E-state index in [1.807, 2.05) is 73.0 Å². The van der Waals surface area contributed by atoms with Gasteiger partial charge < -0.3 is 9.84 Å². The first-order chi connectivity index (χ1) is 14.0. The SMILES string of the molecule is COc1ccc2c(c1)c(CC(=O)O)c(C)n2C1=CC(C)=[N+]=C(c2ccccc2)N1. The molecule has 6 nitrogen and oxygen atoms in total. The third-order valence-corrected chi connectivity index (χ3v) is 5.04. The Balaban J connectivity index is 1.88. The standard InChI is InChI=1S/C23H21N3O3/c1-14-11-21(25-23(24-14)16-7-5-4-6-8-16)26-15(2)18(13-22(27)28)19-12-17(29-3)9-10-20(19)26/h4-12H,13H2,1-3H3,(H,27,28)/p+1. The highest BCUT2D eigenvalue weighted by Crippen LogP contribution is 2.32. The topological polar surface area (TPSA) is 77.6 Å². The fourth-order valence-electron chi connectivity index (χ4n) is 3.72. The Labute approximate surface area is 168 Å². The van der Waals surface area contributed by atoms with Crippen LogP contribution in [0.4, 0.5) is 0 Å². The van der Waals surface area contributed by atoms with E-state index in [-0.39, 0.29) is 6.42 Å². The van der Waals surface area contributed by atoms with Crippen LogP contribution in [0.5, 0.6) is 5.75 Å². The molecule has 0 saturated heterocycles. The van der Waals surface area contributed by atoms with Gasteiger partial charge in [0.25, 0.3) is 0 Å². The number of nitrogens with zero attached hydrogens (tertiary/aromatic N) is 2. The van der Waals surface area contributed by atoms with E-state index in [0.717, 1.165) is 45.1 Å². The second kappa shape index (κ2) is 7.34. The minimum atomic E-state index is -0.866. The Morgan fingerprint density at radius 3 is 2.62 bits per heavy atom. The number of allylic oxidation sites excluding steroid dienone is 1. The summed E-state index contributed by atoms with van der Waals surface area (Å²) in [5.74, 6) is 1.42. The van der Waals surface area contributed by atoms with Crippen LogP contribution in [0.15, 0.2) is 54.6 Å². The third kappa shape index (κ3) is 3.42. The summed E-state index contributed by atoms with van der Waals surface area (Å²) >= 11 is 0. The summed E-state index contributed by atoms with van der Waals surface area (Å²) in [7, 11) is 1.61. The fraction of sp³-hybridized carbons (Fsp3) is 0.174. The van der Waals surface area contributed by atoms with Crippen molar-refractivity contribution in [1.29, 1.82) is 0 Å². The number of fused-ring (bicyclic) bond motifs is 1. The summed E-state index contributed by atoms with van der Waals surface area (Å²) in [6.07, 6.45) is 1.91. The number of hydrogen-bond acceptors (Lipinski definition) is 3. The molecule has 0 spiro atoms. The van der Waals surface area contributed by atoms with Crippen LogP contribution in [0.3, 0.4) is 0 Å². The van der Waals surface area contributed by atoms with Gasteiger partial charge in [-0.2, -0.15) is 0 Å². The number of ether oxygens (including phenoxy) is 1. The molecule has 0 atom stereocenters. The zero-order valence-corrected chi connectivity index (χ0v) is 16.6. The quantitative estimate of drug-likeness (QED) is 0.659. The highest BCUT2D eigenvalue weighted by molar-refractivity contribution is 6.12. The smallest absolute Gasteiger partial charge is 0.381 e. The predicted octanol–water partition coefficient (Wildman–Crippen LogP) is 2.96. The van der Waals surface area contributed by atoms with Gasteiger partial charge in [-0.15, -0.1) is 0 Å². The highest BCUT2D eigenvalue weighted by Gasteiger charge is 2.26. The van der Waals surface area contributed by atoms with Gasteiger partial charge in [-0.25, -0.2) is 9.98 Å². The van der Waals surface area contributed by atoms with Crippen molar-refractivity contribution in [3.05, 3.63) is 71.4 Å². The molecule has 0 unspecified atom stereocenters. The van der Waals surface area contributed by atoms with Crippen LogP contribution in [0, 0.1) is 6.92 Å². The maximum Gasteiger partial charge on any atom is 0.381 e. The van der Waals surface area contributed by atoms with Crippen molar-refractivity contribution in [3.8, 4) is 5.75 Å². The van der Waals surface area contributed by atoms with E-state index in [1.54, 1.807) is 7.11 Å². The second-order valence-corrected chi connectivity index (χ2v) is 6.98. The first-order valence-electron chi connectivity index (χ1n) is 9.34. The Morgan fingerprint density at radius 1 is 1.17 bits per heavy atom. The number of rotatable bonds is 5. The molecule has 0 fully saturated rings. The van der Waals surface area contributed by atoms with Crippen molar-refractivity contribution in [2.75, 3.05) is 7.11 Å². The van der Waals surface area contributed by atoms with Gasteiger partial charge in [-0.05, 0) is 42.8 Å². The molecule has 1 aliphatic rings. The lowest BCUT2D eigenvalue weighted by atomic mass is 10.1. The van der Waals surface area contributed by atoms with Crippen LogP contribution in [0.25, 0.3) is 16.7 Å². The lowest BCUT2D eigenvalue weighted by Crippen LogP contribution is -2.32. The van der Waals surface area contributed by atoms with Crippen molar-refractivity contribution >= 4 is 34.2 Å². The van der Waals surface area contributed by atoms with E-state index in [1.165, 1.54) is 0 Å². The van der Waals surface area contributed by atoms with Gasteiger partial charge in [0.05, 0.1) is 30.7 Å². The van der Waals surface area contributed by atoms with E-state index in [9.17, 15) is 9.90 Å². The van der Waals surface area contributed by atoms with Gasteiger partial charge >= 0.3 is 11.8 Å². The molecule has 0 bridgehead atoms. The number of carboxylic acids is 1. The summed E-state index contributed by atoms with van der Waals surface area (Å²) in [5.41, 5.74) is 4.42. The Bertz CT molecular complexity index is 1210. The lowest BCUT2D eigenvalue weighted by Gasteiger charge is -2.12. The number of carbonyl (C=O) groups is 1. The molecule has 1 aromatic heterocycles. The molecule has 2 N–H and O–H groups in total. The first-order valence-corrected chi connectivity index (χ1v) is 9.34. The van der Waals surface area contributed by atoms with Crippen molar-refractivity contribution in [2.45, 2.75) is 20.3 Å². The fourth-order valence-corrected chi connectivity index (χ4v) is 3.72. The highest BCUT2D eigenvalue weighted by atomic mass is 16.5. The molecule has 0 amide bonds. The molecule has 146 valence electrons. The third-order valence-electron chi connectivity index (χ3n) is 5.04. The normalized spacial score (nSPS) is 13.4. The number of aliphatic carboxylic acids is 1. The average Bonchev–Trinajstić information content (AvgIpc) is 2.98. The number of methoxy groups -OCH3 is 1. The minimum absolute atomic E-state index is 0.0574. The van der Waals surface area contributed by atoms with E-state index in [0.29, 0.717) is 5.75 Å². The van der Waals surface area contributed by atoms with Gasteiger partial charge in [-0.1, -0.05) is 18.2 Å². The summed E-state index contributed by atoms with van der Waals surface area (Å²) < 4.78 is 12.0. The molecular weight excluding hydrogens is 366 g/mol. The molecule has 29 heavy (non-hydrogen) atoms. The van der Waals surface area contributed by atoms with Crippen molar-refractivity contribution in [3.63, 3.8) is 0 Å². The summed E-state index contributed by atoms with van der Waals surface area (Å²) in [4.78, 5) is 11.5. The van der Waals surface area contributed by atoms with Crippen molar-refractivity contribution < 1.29 is 14.6 Å². The number of nitrogens with one attached hydrogen (secondary N) is 1. The van der Waals surface area contributed by atoms with Crippen LogP contribution >= 0.6 is 0 Å². The van der Waals surface area contributed by atoms with E-state index in [4.69, 9.17) is 4.74 Å². The molecule has 3 aromatic rings. The van der Waals surface area contributed by atoms with Crippen LogP contribution in [0.1, 0.15) is 23.7 Å². The molecule has 0 aliphatic carbocycles. The van der Waals surface area contributed by atoms with E-state index in [2.05, 4.69) is 9.98 Å². The molecule has 2 aromatic carbocycles. The van der Waals surface area contributed by atoms with Gasteiger partial charge in [0.2, 0.25) is 11.5 Å². The maximum absolute atomic E-state index is 11.5. The average molecular weight is 388 g/mol. The summed E-state index contributed by atoms with van der Waals surface area (Å²) in [6, 6.07) is 15.7. The number of carboxylic acid groups (broad SMARTS) is 1. The largest absolute Gasteiger partial charge is 0.497 e. The van der Waals surface area contributed by atoms with E-state index >= 15 is 0 Å². The summed E-state index contributed by atoms with van der Waals surface area (Å²) in [6.45, 7) is 3.89. The van der Waals surface area contributed by atoms with E-state index < -0.39 is 5.97 Å². The first kappa shape index (κ1) is 18.6. The lowest BCUT2D eigenvalue weighted by molar-refractivity contribution is -0.136. The van der Waals surface area contributed by atoms with Gasteiger partial charge in [0.15, 0.2) is 0 Å². The zero-order chi connectivity index (χ0) is 20.5. The molecule has 4 rings (SSSR count). The molecule has 0 radical (unpaired) electrons. The van der Waals surface area contributed by atoms with Crippen molar-refractivity contribution in [2.24, 2.45) is 0 Å². The Hall–Kier alpha value is -3.76. The van der Waals surface area contributed by atoms with Crippen LogP contribution in [-0.4, -0.2) is 34.3 Å².